The lowest BCUT2D eigenvalue weighted by Gasteiger charge is -2.16. The van der Waals surface area contributed by atoms with Crippen molar-refractivity contribution in [3.05, 3.63) is 58.7 Å². The summed E-state index contributed by atoms with van der Waals surface area (Å²) in [6, 6.07) is 13.3. The van der Waals surface area contributed by atoms with E-state index < -0.39 is 0 Å². The van der Waals surface area contributed by atoms with Gasteiger partial charge in [0.1, 0.15) is 0 Å². The number of pyridine rings is 1. The van der Waals surface area contributed by atoms with E-state index >= 15 is 0 Å². The molecule has 2 N–H and O–H groups in total. The van der Waals surface area contributed by atoms with Crippen molar-refractivity contribution >= 4 is 51.2 Å². The Morgan fingerprint density at radius 1 is 1.05 bits per heavy atom. The Morgan fingerprint density at radius 3 is 2.64 bits per heavy atom. The van der Waals surface area contributed by atoms with Gasteiger partial charge in [-0.25, -0.2) is 0 Å². The molecule has 0 spiro atoms. The van der Waals surface area contributed by atoms with Crippen LogP contribution in [0.1, 0.15) is 6.92 Å². The highest BCUT2D eigenvalue weighted by atomic mass is 35.5. The second-order valence-electron chi connectivity index (χ2n) is 4.84. The van der Waals surface area contributed by atoms with Gasteiger partial charge < -0.3 is 10.6 Å². The van der Waals surface area contributed by atoms with Crippen LogP contribution < -0.4 is 10.6 Å². The molecule has 5 heteroatoms. The molecule has 0 radical (unpaired) electrons. The zero-order valence-electron chi connectivity index (χ0n) is 12.0. The fourth-order valence-electron chi connectivity index (χ4n) is 2.32. The first kappa shape index (κ1) is 14.9. The van der Waals surface area contributed by atoms with Crippen molar-refractivity contribution in [1.82, 2.24) is 4.98 Å². The normalized spacial score (nSPS) is 10.7. The van der Waals surface area contributed by atoms with Crippen LogP contribution in [0.5, 0.6) is 0 Å². The van der Waals surface area contributed by atoms with Gasteiger partial charge in [0.25, 0.3) is 0 Å². The molecule has 3 rings (SSSR count). The minimum absolute atomic E-state index is 0.664. The fourth-order valence-corrected chi connectivity index (χ4v) is 2.68. The van der Waals surface area contributed by atoms with E-state index in [1.54, 1.807) is 0 Å². The highest BCUT2D eigenvalue weighted by Crippen LogP contribution is 2.35. The van der Waals surface area contributed by atoms with Crippen LogP contribution in [0.4, 0.5) is 17.1 Å². The molecule has 0 amide bonds. The molecule has 0 atom stereocenters. The van der Waals surface area contributed by atoms with Gasteiger partial charge in [-0.05, 0) is 37.3 Å². The lowest BCUT2D eigenvalue weighted by Crippen LogP contribution is -2.03. The SMILES string of the molecule is CCNc1cnc2ccc(Cl)cc2c1Nc1ccccc1Cl. The number of hydrogen-bond donors (Lipinski definition) is 2. The third-order valence-electron chi connectivity index (χ3n) is 3.33. The summed E-state index contributed by atoms with van der Waals surface area (Å²) >= 11 is 12.4. The number of benzene rings is 2. The second-order valence-corrected chi connectivity index (χ2v) is 5.69. The van der Waals surface area contributed by atoms with Crippen molar-refractivity contribution in [2.45, 2.75) is 6.92 Å². The van der Waals surface area contributed by atoms with Gasteiger partial charge in [0.05, 0.1) is 33.8 Å². The lowest BCUT2D eigenvalue weighted by molar-refractivity contribution is 1.20. The van der Waals surface area contributed by atoms with Crippen molar-refractivity contribution in [2.75, 3.05) is 17.2 Å². The Labute approximate surface area is 139 Å². The Hall–Kier alpha value is -1.97. The van der Waals surface area contributed by atoms with Gasteiger partial charge in [0, 0.05) is 17.0 Å². The van der Waals surface area contributed by atoms with Crippen molar-refractivity contribution in [3.8, 4) is 0 Å². The molecule has 3 nitrogen and oxygen atoms in total. The molecule has 0 saturated carbocycles. The van der Waals surface area contributed by atoms with E-state index in [4.69, 9.17) is 23.2 Å². The fraction of sp³-hybridized carbons (Fsp3) is 0.118. The van der Waals surface area contributed by atoms with E-state index in [-0.39, 0.29) is 0 Å². The molecule has 0 fully saturated rings. The van der Waals surface area contributed by atoms with E-state index in [1.807, 2.05) is 55.6 Å². The summed E-state index contributed by atoms with van der Waals surface area (Å²) in [5.41, 5.74) is 3.55. The topological polar surface area (TPSA) is 37.0 Å². The highest BCUT2D eigenvalue weighted by Gasteiger charge is 2.11. The molecule has 0 aliphatic carbocycles. The zero-order chi connectivity index (χ0) is 15.5. The number of rotatable bonds is 4. The quantitative estimate of drug-likeness (QED) is 0.642. The number of fused-ring (bicyclic) bond motifs is 1. The van der Waals surface area contributed by atoms with Crippen molar-refractivity contribution in [1.29, 1.82) is 0 Å². The number of aromatic nitrogens is 1. The van der Waals surface area contributed by atoms with Gasteiger partial charge in [-0.2, -0.15) is 0 Å². The van der Waals surface area contributed by atoms with E-state index in [0.29, 0.717) is 10.0 Å². The summed E-state index contributed by atoms with van der Waals surface area (Å²) in [5.74, 6) is 0. The summed E-state index contributed by atoms with van der Waals surface area (Å²) in [4.78, 5) is 4.47. The van der Waals surface area contributed by atoms with Crippen LogP contribution in [0.3, 0.4) is 0 Å². The number of hydrogen-bond acceptors (Lipinski definition) is 3. The molecule has 22 heavy (non-hydrogen) atoms. The number of nitrogens with zero attached hydrogens (tertiary/aromatic N) is 1. The average molecular weight is 332 g/mol. The van der Waals surface area contributed by atoms with Crippen LogP contribution in [0, 0.1) is 0 Å². The molecule has 3 aromatic rings. The standard InChI is InChI=1S/C17H15Cl2N3/c1-2-20-16-10-21-14-8-7-11(18)9-12(14)17(16)22-15-6-4-3-5-13(15)19/h3-10,20H,2H2,1H3,(H,21,22). The summed E-state index contributed by atoms with van der Waals surface area (Å²) in [7, 11) is 0. The monoisotopic (exact) mass is 331 g/mol. The zero-order valence-corrected chi connectivity index (χ0v) is 13.5. The minimum Gasteiger partial charge on any atom is -0.382 e. The number of para-hydroxylation sites is 1. The predicted octanol–water partition coefficient (Wildman–Crippen LogP) is 5.72. The first-order chi connectivity index (χ1) is 10.7. The molecule has 1 aromatic heterocycles. The Morgan fingerprint density at radius 2 is 1.86 bits per heavy atom. The lowest BCUT2D eigenvalue weighted by atomic mass is 10.1. The average Bonchev–Trinajstić information content (AvgIpc) is 2.52. The van der Waals surface area contributed by atoms with Gasteiger partial charge in [-0.1, -0.05) is 35.3 Å². The maximum absolute atomic E-state index is 6.26. The summed E-state index contributed by atoms with van der Waals surface area (Å²) in [6.45, 7) is 2.84. The maximum atomic E-state index is 6.26. The van der Waals surface area contributed by atoms with E-state index in [2.05, 4.69) is 15.6 Å². The molecule has 2 aromatic carbocycles. The number of anilines is 3. The Bertz CT molecular complexity index is 818. The molecule has 0 unspecified atom stereocenters. The Kier molecular flexibility index (Phi) is 4.36. The van der Waals surface area contributed by atoms with E-state index in [1.165, 1.54) is 0 Å². The summed E-state index contributed by atoms with van der Waals surface area (Å²) in [6.07, 6.45) is 1.82. The van der Waals surface area contributed by atoms with E-state index in [9.17, 15) is 0 Å². The van der Waals surface area contributed by atoms with Crippen molar-refractivity contribution in [3.63, 3.8) is 0 Å². The molecule has 0 saturated heterocycles. The first-order valence-electron chi connectivity index (χ1n) is 7.02. The number of nitrogens with one attached hydrogen (secondary N) is 2. The summed E-state index contributed by atoms with van der Waals surface area (Å²) < 4.78 is 0. The van der Waals surface area contributed by atoms with Crippen molar-refractivity contribution < 1.29 is 0 Å². The third-order valence-corrected chi connectivity index (χ3v) is 3.90. The maximum Gasteiger partial charge on any atom is 0.0772 e. The largest absolute Gasteiger partial charge is 0.382 e. The van der Waals surface area contributed by atoms with Crippen LogP contribution in [0.25, 0.3) is 10.9 Å². The van der Waals surface area contributed by atoms with Crippen LogP contribution in [-0.4, -0.2) is 11.5 Å². The molecule has 0 aliphatic rings. The van der Waals surface area contributed by atoms with Gasteiger partial charge >= 0.3 is 0 Å². The van der Waals surface area contributed by atoms with E-state index in [0.717, 1.165) is 34.5 Å². The highest BCUT2D eigenvalue weighted by molar-refractivity contribution is 6.33. The predicted molar refractivity (Wildman–Crippen MR) is 95.7 cm³/mol. The second kappa shape index (κ2) is 6.42. The van der Waals surface area contributed by atoms with Crippen LogP contribution in [-0.2, 0) is 0 Å². The molecular weight excluding hydrogens is 317 g/mol. The van der Waals surface area contributed by atoms with Crippen molar-refractivity contribution in [2.24, 2.45) is 0 Å². The van der Waals surface area contributed by atoms with Crippen LogP contribution in [0.15, 0.2) is 48.7 Å². The van der Waals surface area contributed by atoms with Crippen LogP contribution >= 0.6 is 23.2 Å². The first-order valence-corrected chi connectivity index (χ1v) is 7.78. The van der Waals surface area contributed by atoms with Gasteiger partial charge in [-0.3, -0.25) is 4.98 Å². The minimum atomic E-state index is 0.664. The smallest absolute Gasteiger partial charge is 0.0772 e. The van der Waals surface area contributed by atoms with Gasteiger partial charge in [0.2, 0.25) is 0 Å². The molecule has 0 bridgehead atoms. The third kappa shape index (κ3) is 2.96. The van der Waals surface area contributed by atoms with Crippen LogP contribution in [0.2, 0.25) is 10.0 Å². The summed E-state index contributed by atoms with van der Waals surface area (Å²) in [5, 5.41) is 9.00. The molecule has 112 valence electrons. The van der Waals surface area contributed by atoms with Gasteiger partial charge in [0.15, 0.2) is 0 Å². The van der Waals surface area contributed by atoms with Gasteiger partial charge in [-0.15, -0.1) is 0 Å². The Balaban J connectivity index is 2.17. The number of halogens is 2. The molecular formula is C17H15Cl2N3. The molecule has 1 heterocycles. The molecule has 0 aliphatic heterocycles.